The van der Waals surface area contributed by atoms with E-state index < -0.39 is 0 Å². The molecule has 0 aromatic rings. The Morgan fingerprint density at radius 2 is 1.50 bits per heavy atom. The van der Waals surface area contributed by atoms with Crippen LogP contribution in [-0.4, -0.2) is 0 Å². The lowest BCUT2D eigenvalue weighted by Crippen LogP contribution is -1.69. The average Bonchev–Trinajstić information content (AvgIpc) is 1.96. The molecule has 12 heavy (non-hydrogen) atoms. The molecule has 0 rings (SSSR count). The predicted molar refractivity (Wildman–Crippen MR) is 57.1 cm³/mol. The lowest BCUT2D eigenvalue weighted by atomic mass is 10.2. The minimum atomic E-state index is 1.08. The molecule has 0 aliphatic rings. The largest absolute Gasteiger partial charge is 0.0961 e. The van der Waals surface area contributed by atoms with Crippen molar-refractivity contribution in [2.45, 2.75) is 27.7 Å². The van der Waals surface area contributed by atoms with Gasteiger partial charge in [0.1, 0.15) is 0 Å². The number of allylic oxidation sites excluding steroid dienone is 7. The number of hydrogen-bond acceptors (Lipinski definition) is 0. The van der Waals surface area contributed by atoms with E-state index >= 15 is 0 Å². The molecule has 0 aliphatic heterocycles. The van der Waals surface area contributed by atoms with E-state index in [0.717, 1.165) is 5.57 Å². The van der Waals surface area contributed by atoms with E-state index in [-0.39, 0.29) is 0 Å². The zero-order chi connectivity index (χ0) is 9.56. The fraction of sp³-hybridized carbons (Fsp3) is 0.333. The van der Waals surface area contributed by atoms with Crippen LogP contribution in [0.5, 0.6) is 0 Å². The molecular formula is C12H18. The average molecular weight is 162 g/mol. The molecule has 66 valence electrons. The summed E-state index contributed by atoms with van der Waals surface area (Å²) < 4.78 is 0. The molecule has 0 aliphatic carbocycles. The second-order valence-corrected chi connectivity index (χ2v) is 3.33. The van der Waals surface area contributed by atoms with Gasteiger partial charge in [-0.2, -0.15) is 0 Å². The maximum absolute atomic E-state index is 3.79. The van der Waals surface area contributed by atoms with Crippen LogP contribution in [-0.2, 0) is 0 Å². The van der Waals surface area contributed by atoms with Gasteiger partial charge in [0, 0.05) is 0 Å². The summed E-state index contributed by atoms with van der Waals surface area (Å²) in [4.78, 5) is 0. The van der Waals surface area contributed by atoms with Crippen molar-refractivity contribution < 1.29 is 0 Å². The first kappa shape index (κ1) is 11.0. The van der Waals surface area contributed by atoms with Crippen LogP contribution in [0.25, 0.3) is 0 Å². The van der Waals surface area contributed by atoms with Crippen LogP contribution in [0, 0.1) is 0 Å². The quantitative estimate of drug-likeness (QED) is 0.549. The third-order valence-corrected chi connectivity index (χ3v) is 1.31. The Hall–Kier alpha value is -1.04. The maximum atomic E-state index is 3.79. The molecule has 0 fully saturated rings. The van der Waals surface area contributed by atoms with Gasteiger partial charge in [-0.05, 0) is 27.7 Å². The summed E-state index contributed by atoms with van der Waals surface area (Å²) in [6, 6.07) is 0. The van der Waals surface area contributed by atoms with Crippen molar-refractivity contribution in [3.8, 4) is 0 Å². The molecule has 0 radical (unpaired) electrons. The second kappa shape index (κ2) is 5.59. The van der Waals surface area contributed by atoms with E-state index in [1.54, 1.807) is 0 Å². The van der Waals surface area contributed by atoms with Crippen LogP contribution in [0.15, 0.2) is 47.6 Å². The van der Waals surface area contributed by atoms with E-state index in [4.69, 9.17) is 0 Å². The third kappa shape index (κ3) is 7.07. The van der Waals surface area contributed by atoms with Crippen LogP contribution < -0.4 is 0 Å². The van der Waals surface area contributed by atoms with Gasteiger partial charge in [0.05, 0.1) is 0 Å². The monoisotopic (exact) mass is 162 g/mol. The second-order valence-electron chi connectivity index (χ2n) is 3.33. The molecule has 0 bridgehead atoms. The molecule has 0 unspecified atom stereocenters. The van der Waals surface area contributed by atoms with Crippen molar-refractivity contribution in [3.05, 3.63) is 47.6 Å². The van der Waals surface area contributed by atoms with Crippen molar-refractivity contribution in [3.63, 3.8) is 0 Å². The fourth-order valence-corrected chi connectivity index (χ4v) is 0.627. The van der Waals surface area contributed by atoms with Gasteiger partial charge in [0.15, 0.2) is 0 Å². The highest BCUT2D eigenvalue weighted by Crippen LogP contribution is 2.00. The maximum Gasteiger partial charge on any atom is -0.0398 e. The van der Waals surface area contributed by atoms with Crippen molar-refractivity contribution in [1.29, 1.82) is 0 Å². The van der Waals surface area contributed by atoms with Gasteiger partial charge in [-0.3, -0.25) is 0 Å². The Morgan fingerprint density at radius 1 is 0.917 bits per heavy atom. The van der Waals surface area contributed by atoms with Crippen molar-refractivity contribution >= 4 is 0 Å². The normalized spacial score (nSPS) is 11.8. The zero-order valence-electron chi connectivity index (χ0n) is 8.52. The summed E-state index contributed by atoms with van der Waals surface area (Å²) in [6.45, 7) is 12.0. The van der Waals surface area contributed by atoms with Gasteiger partial charge in [0.25, 0.3) is 0 Å². The Balaban J connectivity index is 4.21. The first-order chi connectivity index (χ1) is 5.52. The smallest absolute Gasteiger partial charge is 0.0398 e. The highest BCUT2D eigenvalue weighted by atomic mass is 13.9. The van der Waals surface area contributed by atoms with Crippen LogP contribution in [0.2, 0.25) is 0 Å². The summed E-state index contributed by atoms with van der Waals surface area (Å²) in [5.74, 6) is 0. The van der Waals surface area contributed by atoms with E-state index in [2.05, 4.69) is 45.6 Å². The van der Waals surface area contributed by atoms with Crippen LogP contribution in [0.4, 0.5) is 0 Å². The molecule has 0 aromatic heterocycles. The van der Waals surface area contributed by atoms with Crippen LogP contribution in [0.3, 0.4) is 0 Å². The van der Waals surface area contributed by atoms with Gasteiger partial charge in [-0.1, -0.05) is 47.6 Å². The van der Waals surface area contributed by atoms with Gasteiger partial charge >= 0.3 is 0 Å². The molecule has 0 aromatic carbocycles. The lowest BCUT2D eigenvalue weighted by molar-refractivity contribution is 1.38. The molecule has 0 amide bonds. The fourth-order valence-electron chi connectivity index (χ4n) is 0.627. The molecule has 0 saturated carbocycles. The topological polar surface area (TPSA) is 0 Å². The molecule has 0 N–H and O–H groups in total. The Kier molecular flexibility index (Phi) is 5.11. The molecule has 0 spiro atoms. The SMILES string of the molecule is C=C(C)C=CC(C)=CC=C(C)C. The minimum absolute atomic E-state index is 1.08. The molecule has 0 heterocycles. The highest BCUT2D eigenvalue weighted by Gasteiger charge is 1.79. The van der Waals surface area contributed by atoms with Gasteiger partial charge in [0.2, 0.25) is 0 Å². The highest BCUT2D eigenvalue weighted by molar-refractivity contribution is 5.27. The molecule has 0 heteroatoms. The standard InChI is InChI=1S/C12H18/c1-10(2)6-8-12(5)9-7-11(3)4/h6-9H,1H2,2-5H3. The summed E-state index contributed by atoms with van der Waals surface area (Å²) in [7, 11) is 0. The van der Waals surface area contributed by atoms with Gasteiger partial charge in [-0.25, -0.2) is 0 Å². The van der Waals surface area contributed by atoms with Gasteiger partial charge < -0.3 is 0 Å². The van der Waals surface area contributed by atoms with Crippen LogP contribution >= 0.6 is 0 Å². The summed E-state index contributed by atoms with van der Waals surface area (Å²) in [5.41, 5.74) is 3.65. The Bertz CT molecular complexity index is 233. The third-order valence-electron chi connectivity index (χ3n) is 1.31. The summed E-state index contributed by atoms with van der Waals surface area (Å²) in [6.07, 6.45) is 8.30. The van der Waals surface area contributed by atoms with E-state index in [1.807, 2.05) is 13.0 Å². The number of hydrogen-bond donors (Lipinski definition) is 0. The molecular weight excluding hydrogens is 144 g/mol. The summed E-state index contributed by atoms with van der Waals surface area (Å²) >= 11 is 0. The predicted octanol–water partition coefficient (Wildman–Crippen LogP) is 4.03. The lowest BCUT2D eigenvalue weighted by Gasteiger charge is -1.90. The molecule has 0 nitrogen and oxygen atoms in total. The Morgan fingerprint density at radius 3 is 1.92 bits per heavy atom. The van der Waals surface area contributed by atoms with E-state index in [1.165, 1.54) is 11.1 Å². The molecule has 0 saturated heterocycles. The van der Waals surface area contributed by atoms with Crippen molar-refractivity contribution in [1.82, 2.24) is 0 Å². The molecule has 0 atom stereocenters. The first-order valence-electron chi connectivity index (χ1n) is 4.17. The van der Waals surface area contributed by atoms with Crippen molar-refractivity contribution in [2.75, 3.05) is 0 Å². The Labute approximate surface area is 76.0 Å². The minimum Gasteiger partial charge on any atom is -0.0961 e. The van der Waals surface area contributed by atoms with E-state index in [0.29, 0.717) is 0 Å². The zero-order valence-corrected chi connectivity index (χ0v) is 8.52. The first-order valence-corrected chi connectivity index (χ1v) is 4.17. The number of rotatable bonds is 3. The summed E-state index contributed by atoms with van der Waals surface area (Å²) in [5, 5.41) is 0. The van der Waals surface area contributed by atoms with Gasteiger partial charge in [-0.15, -0.1) is 0 Å². The van der Waals surface area contributed by atoms with E-state index in [9.17, 15) is 0 Å². The van der Waals surface area contributed by atoms with Crippen molar-refractivity contribution in [2.24, 2.45) is 0 Å². The van der Waals surface area contributed by atoms with Crippen LogP contribution in [0.1, 0.15) is 27.7 Å².